The number of anilines is 1. The molecule has 0 saturated heterocycles. The van der Waals surface area contributed by atoms with Gasteiger partial charge >= 0.3 is 0 Å². The van der Waals surface area contributed by atoms with Crippen molar-refractivity contribution in [3.05, 3.63) is 66.6 Å². The summed E-state index contributed by atoms with van der Waals surface area (Å²) < 4.78 is 16.2. The summed E-state index contributed by atoms with van der Waals surface area (Å²) in [4.78, 5) is 13.0. The van der Waals surface area contributed by atoms with Gasteiger partial charge in [-0.05, 0) is 35.9 Å². The average Bonchev–Trinajstić information content (AvgIpc) is 3.28. The van der Waals surface area contributed by atoms with Crippen molar-refractivity contribution in [1.29, 1.82) is 0 Å². The summed E-state index contributed by atoms with van der Waals surface area (Å²) in [6.07, 6.45) is 5.25. The lowest BCUT2D eigenvalue weighted by Gasteiger charge is -2.09. The van der Waals surface area contributed by atoms with Gasteiger partial charge in [-0.3, -0.25) is 4.98 Å². The van der Waals surface area contributed by atoms with E-state index in [2.05, 4.69) is 25.4 Å². The molecular formula is C21H19N5O3. The number of ether oxygens (including phenoxy) is 2. The smallest absolute Gasteiger partial charge is 0.259 e. The SMILES string of the molecule is COc1cccc(-c2noc(-c3ccc(NCc4cccnc4)nc3)n2)c1OC. The predicted molar refractivity (Wildman–Crippen MR) is 108 cm³/mol. The Morgan fingerprint density at radius 2 is 1.93 bits per heavy atom. The zero-order valence-electron chi connectivity index (χ0n) is 16.0. The van der Waals surface area contributed by atoms with E-state index in [0.717, 1.165) is 16.9 Å². The molecule has 0 amide bonds. The standard InChI is InChI=1S/C21H19N5O3/c1-27-17-7-3-6-16(19(17)28-2)20-25-21(29-26-20)15-8-9-18(24-13-15)23-12-14-5-4-10-22-11-14/h3-11,13H,12H2,1-2H3,(H,23,24). The van der Waals surface area contributed by atoms with E-state index in [-0.39, 0.29) is 0 Å². The van der Waals surface area contributed by atoms with Gasteiger partial charge < -0.3 is 19.3 Å². The third kappa shape index (κ3) is 4.01. The van der Waals surface area contributed by atoms with Crippen molar-refractivity contribution in [2.45, 2.75) is 6.54 Å². The Labute approximate surface area is 167 Å². The molecule has 0 aliphatic rings. The molecule has 4 aromatic rings. The number of benzene rings is 1. The van der Waals surface area contributed by atoms with Crippen LogP contribution in [0.15, 0.2) is 65.6 Å². The molecule has 0 spiro atoms. The van der Waals surface area contributed by atoms with Gasteiger partial charge in [0.2, 0.25) is 5.82 Å². The normalized spacial score (nSPS) is 10.6. The number of rotatable bonds is 7. The Hall–Kier alpha value is -3.94. The van der Waals surface area contributed by atoms with Gasteiger partial charge in [0.25, 0.3) is 5.89 Å². The van der Waals surface area contributed by atoms with Crippen molar-refractivity contribution in [3.63, 3.8) is 0 Å². The van der Waals surface area contributed by atoms with E-state index in [1.54, 1.807) is 26.6 Å². The largest absolute Gasteiger partial charge is 0.493 e. The number of aromatic nitrogens is 4. The van der Waals surface area contributed by atoms with Gasteiger partial charge in [0.05, 0.1) is 25.3 Å². The van der Waals surface area contributed by atoms with Crippen molar-refractivity contribution in [2.75, 3.05) is 19.5 Å². The minimum Gasteiger partial charge on any atom is -0.493 e. The van der Waals surface area contributed by atoms with Gasteiger partial charge in [-0.1, -0.05) is 17.3 Å². The van der Waals surface area contributed by atoms with Crippen molar-refractivity contribution in [1.82, 2.24) is 20.1 Å². The van der Waals surface area contributed by atoms with Crippen molar-refractivity contribution in [2.24, 2.45) is 0 Å². The second-order valence-electron chi connectivity index (χ2n) is 6.11. The zero-order valence-corrected chi connectivity index (χ0v) is 16.0. The van der Waals surface area contributed by atoms with Crippen LogP contribution in [-0.4, -0.2) is 34.3 Å². The second-order valence-corrected chi connectivity index (χ2v) is 6.11. The fraction of sp³-hybridized carbons (Fsp3) is 0.143. The van der Waals surface area contributed by atoms with Crippen LogP contribution in [0, 0.1) is 0 Å². The highest BCUT2D eigenvalue weighted by Gasteiger charge is 2.17. The first-order valence-electron chi connectivity index (χ1n) is 8.92. The topological polar surface area (TPSA) is 95.2 Å². The third-order valence-electron chi connectivity index (χ3n) is 4.28. The summed E-state index contributed by atoms with van der Waals surface area (Å²) >= 11 is 0. The molecule has 29 heavy (non-hydrogen) atoms. The molecule has 4 rings (SSSR count). The van der Waals surface area contributed by atoms with Crippen LogP contribution in [0.1, 0.15) is 5.56 Å². The molecule has 3 aromatic heterocycles. The quantitative estimate of drug-likeness (QED) is 0.510. The second kappa shape index (κ2) is 8.39. The molecule has 0 unspecified atom stereocenters. The fourth-order valence-electron chi connectivity index (χ4n) is 2.83. The maximum Gasteiger partial charge on any atom is 0.259 e. The van der Waals surface area contributed by atoms with E-state index < -0.39 is 0 Å². The van der Waals surface area contributed by atoms with Gasteiger partial charge in [-0.25, -0.2) is 4.98 Å². The molecule has 146 valence electrons. The van der Waals surface area contributed by atoms with E-state index in [9.17, 15) is 0 Å². The van der Waals surface area contributed by atoms with Crippen LogP contribution in [0.2, 0.25) is 0 Å². The van der Waals surface area contributed by atoms with Crippen LogP contribution < -0.4 is 14.8 Å². The summed E-state index contributed by atoms with van der Waals surface area (Å²) in [5, 5.41) is 7.32. The maximum absolute atomic E-state index is 5.44. The summed E-state index contributed by atoms with van der Waals surface area (Å²) in [7, 11) is 3.16. The van der Waals surface area contributed by atoms with E-state index in [1.807, 2.05) is 48.7 Å². The van der Waals surface area contributed by atoms with Crippen LogP contribution in [-0.2, 0) is 6.54 Å². The number of hydrogen-bond donors (Lipinski definition) is 1. The van der Waals surface area contributed by atoms with E-state index in [4.69, 9.17) is 14.0 Å². The Morgan fingerprint density at radius 1 is 1.00 bits per heavy atom. The van der Waals surface area contributed by atoms with Crippen molar-refractivity contribution < 1.29 is 14.0 Å². The molecule has 0 atom stereocenters. The molecule has 8 nitrogen and oxygen atoms in total. The molecule has 0 radical (unpaired) electrons. The van der Waals surface area contributed by atoms with Crippen LogP contribution in [0.3, 0.4) is 0 Å². The van der Waals surface area contributed by atoms with Crippen LogP contribution in [0.25, 0.3) is 22.8 Å². The highest BCUT2D eigenvalue weighted by atomic mass is 16.5. The maximum atomic E-state index is 5.44. The van der Waals surface area contributed by atoms with E-state index in [1.165, 1.54) is 0 Å². The minimum absolute atomic E-state index is 0.371. The zero-order chi connectivity index (χ0) is 20.1. The molecule has 3 heterocycles. The Kier molecular flexibility index (Phi) is 5.33. The first kappa shape index (κ1) is 18.4. The van der Waals surface area contributed by atoms with Crippen LogP contribution in [0.4, 0.5) is 5.82 Å². The van der Waals surface area contributed by atoms with Crippen LogP contribution in [0.5, 0.6) is 11.5 Å². The predicted octanol–water partition coefficient (Wildman–Crippen LogP) is 3.82. The lowest BCUT2D eigenvalue weighted by Crippen LogP contribution is -2.01. The first-order chi connectivity index (χ1) is 14.3. The van der Waals surface area contributed by atoms with Crippen LogP contribution >= 0.6 is 0 Å². The molecule has 0 fully saturated rings. The van der Waals surface area contributed by atoms with Gasteiger partial charge in [0, 0.05) is 25.1 Å². The van der Waals surface area contributed by atoms with Crippen molar-refractivity contribution in [3.8, 4) is 34.3 Å². The Balaban J connectivity index is 1.51. The monoisotopic (exact) mass is 389 g/mol. The number of nitrogens with one attached hydrogen (secondary N) is 1. The Morgan fingerprint density at radius 3 is 2.66 bits per heavy atom. The highest BCUT2D eigenvalue weighted by molar-refractivity contribution is 5.69. The molecule has 0 aliphatic carbocycles. The Bertz CT molecular complexity index is 1080. The number of methoxy groups -OCH3 is 2. The molecule has 1 N–H and O–H groups in total. The molecular weight excluding hydrogens is 370 g/mol. The minimum atomic E-state index is 0.371. The summed E-state index contributed by atoms with van der Waals surface area (Å²) in [6.45, 7) is 0.639. The summed E-state index contributed by atoms with van der Waals surface area (Å²) in [5.74, 6) is 2.68. The lowest BCUT2D eigenvalue weighted by atomic mass is 10.1. The molecule has 0 aliphatic heterocycles. The number of pyridine rings is 2. The molecule has 8 heteroatoms. The number of hydrogen-bond acceptors (Lipinski definition) is 8. The third-order valence-corrected chi connectivity index (χ3v) is 4.28. The van der Waals surface area contributed by atoms with E-state index >= 15 is 0 Å². The molecule has 1 aromatic carbocycles. The summed E-state index contributed by atoms with van der Waals surface area (Å²) in [6, 6.07) is 13.1. The van der Waals surface area contributed by atoms with Crippen molar-refractivity contribution >= 4 is 5.82 Å². The average molecular weight is 389 g/mol. The first-order valence-corrected chi connectivity index (χ1v) is 8.92. The van der Waals surface area contributed by atoms with E-state index in [0.29, 0.717) is 35.3 Å². The van der Waals surface area contributed by atoms with Gasteiger partial charge in [0.1, 0.15) is 5.82 Å². The number of nitrogens with zero attached hydrogens (tertiary/aromatic N) is 4. The fourth-order valence-corrected chi connectivity index (χ4v) is 2.83. The van der Waals surface area contributed by atoms with Gasteiger partial charge in [-0.15, -0.1) is 0 Å². The highest BCUT2D eigenvalue weighted by Crippen LogP contribution is 2.37. The van der Waals surface area contributed by atoms with Gasteiger partial charge in [-0.2, -0.15) is 4.98 Å². The molecule has 0 bridgehead atoms. The lowest BCUT2D eigenvalue weighted by molar-refractivity contribution is 0.355. The summed E-state index contributed by atoms with van der Waals surface area (Å²) in [5.41, 5.74) is 2.48. The van der Waals surface area contributed by atoms with Gasteiger partial charge in [0.15, 0.2) is 11.5 Å². The number of para-hydroxylation sites is 1. The molecule has 0 saturated carbocycles.